The number of carbonyl (C=O) groups is 1. The predicted octanol–water partition coefficient (Wildman–Crippen LogP) is 1.23. The van der Waals surface area contributed by atoms with Gasteiger partial charge in [-0.2, -0.15) is 0 Å². The largest absolute Gasteiger partial charge is 0.364 e. The van der Waals surface area contributed by atoms with Crippen molar-refractivity contribution >= 4 is 5.91 Å². The van der Waals surface area contributed by atoms with E-state index in [1.54, 1.807) is 6.07 Å². The van der Waals surface area contributed by atoms with Gasteiger partial charge in [-0.3, -0.25) is 9.69 Å². The molecule has 0 aliphatic carbocycles. The number of fused-ring (bicyclic) bond motifs is 1. The highest BCUT2D eigenvalue weighted by atomic mass is 16.5. The Morgan fingerprint density at radius 2 is 1.92 bits per heavy atom. The molecule has 2 atom stereocenters. The van der Waals surface area contributed by atoms with Crippen molar-refractivity contribution in [3.05, 3.63) is 23.8 Å². The number of likely N-dealkylation sites (tertiary alicyclic amines) is 2. The highest BCUT2D eigenvalue weighted by Crippen LogP contribution is 2.51. The van der Waals surface area contributed by atoms with E-state index in [4.69, 9.17) is 4.52 Å². The average Bonchev–Trinajstić information content (AvgIpc) is 3.29. The highest BCUT2D eigenvalue weighted by Gasteiger charge is 2.58. The van der Waals surface area contributed by atoms with Crippen molar-refractivity contribution in [2.75, 3.05) is 26.2 Å². The third-order valence-corrected chi connectivity index (χ3v) is 6.04. The van der Waals surface area contributed by atoms with Crippen LogP contribution in [0.25, 0.3) is 0 Å². The summed E-state index contributed by atoms with van der Waals surface area (Å²) in [5.74, 6) is 0.841. The zero-order chi connectivity index (χ0) is 18.5. The SMILES string of the molecule is CC(C)n1nnnc1CN1C[C@@]2(C)CN(C(=O)c3ccon3)C[C@@]2(C)C1. The van der Waals surface area contributed by atoms with Gasteiger partial charge in [0.1, 0.15) is 6.26 Å². The van der Waals surface area contributed by atoms with Gasteiger partial charge in [0.2, 0.25) is 0 Å². The third-order valence-electron chi connectivity index (χ3n) is 6.04. The van der Waals surface area contributed by atoms with Gasteiger partial charge in [0, 0.05) is 43.1 Å². The van der Waals surface area contributed by atoms with Crippen molar-refractivity contribution in [3.63, 3.8) is 0 Å². The lowest BCUT2D eigenvalue weighted by atomic mass is 9.71. The molecule has 0 spiro atoms. The maximum absolute atomic E-state index is 12.6. The Morgan fingerprint density at radius 3 is 2.50 bits per heavy atom. The summed E-state index contributed by atoms with van der Waals surface area (Å²) in [6.07, 6.45) is 1.44. The molecular weight excluding hydrogens is 334 g/mol. The van der Waals surface area contributed by atoms with Crippen LogP contribution in [0, 0.1) is 10.8 Å². The topological polar surface area (TPSA) is 93.2 Å². The Bertz CT molecular complexity index is 782. The van der Waals surface area contributed by atoms with Crippen LogP contribution in [0.1, 0.15) is 50.0 Å². The van der Waals surface area contributed by atoms with Crippen LogP contribution in [0.15, 0.2) is 16.9 Å². The van der Waals surface area contributed by atoms with E-state index in [1.165, 1.54) is 6.26 Å². The molecule has 140 valence electrons. The molecule has 2 aromatic rings. The van der Waals surface area contributed by atoms with E-state index in [0.29, 0.717) is 5.69 Å². The summed E-state index contributed by atoms with van der Waals surface area (Å²) in [5.41, 5.74) is 0.440. The lowest BCUT2D eigenvalue weighted by molar-refractivity contribution is 0.0745. The first-order valence-corrected chi connectivity index (χ1v) is 9.00. The smallest absolute Gasteiger partial charge is 0.276 e. The second-order valence-electron chi connectivity index (χ2n) is 8.45. The maximum Gasteiger partial charge on any atom is 0.276 e. The van der Waals surface area contributed by atoms with Gasteiger partial charge in [0.25, 0.3) is 5.91 Å². The van der Waals surface area contributed by atoms with E-state index in [-0.39, 0.29) is 22.8 Å². The van der Waals surface area contributed by atoms with Crippen LogP contribution < -0.4 is 0 Å². The van der Waals surface area contributed by atoms with Crippen LogP contribution in [-0.2, 0) is 6.54 Å². The van der Waals surface area contributed by atoms with E-state index in [1.807, 2.05) is 9.58 Å². The van der Waals surface area contributed by atoms with Gasteiger partial charge in [0.15, 0.2) is 11.5 Å². The summed E-state index contributed by atoms with van der Waals surface area (Å²) in [4.78, 5) is 17.0. The number of hydrogen-bond donors (Lipinski definition) is 0. The Labute approximate surface area is 152 Å². The lowest BCUT2D eigenvalue weighted by Gasteiger charge is -2.30. The van der Waals surface area contributed by atoms with E-state index < -0.39 is 0 Å². The van der Waals surface area contributed by atoms with Gasteiger partial charge in [-0.25, -0.2) is 4.68 Å². The molecule has 2 aliphatic rings. The minimum Gasteiger partial charge on any atom is -0.364 e. The van der Waals surface area contributed by atoms with E-state index in [2.05, 4.69) is 53.3 Å². The number of amides is 1. The van der Waals surface area contributed by atoms with Crippen molar-refractivity contribution in [1.82, 2.24) is 35.2 Å². The van der Waals surface area contributed by atoms with Gasteiger partial charge in [-0.05, 0) is 24.3 Å². The monoisotopic (exact) mass is 359 g/mol. The molecule has 2 saturated heterocycles. The second-order valence-corrected chi connectivity index (χ2v) is 8.45. The fourth-order valence-corrected chi connectivity index (χ4v) is 4.46. The van der Waals surface area contributed by atoms with Crippen LogP contribution in [0.4, 0.5) is 0 Å². The summed E-state index contributed by atoms with van der Waals surface area (Å²) in [6.45, 7) is 12.7. The minimum atomic E-state index is -0.0501. The molecule has 0 aromatic carbocycles. The molecule has 0 bridgehead atoms. The van der Waals surface area contributed by atoms with Gasteiger partial charge in [-0.15, -0.1) is 5.10 Å². The molecule has 4 rings (SSSR count). The van der Waals surface area contributed by atoms with Crippen molar-refractivity contribution in [2.24, 2.45) is 10.8 Å². The fraction of sp³-hybridized carbons (Fsp3) is 0.706. The maximum atomic E-state index is 12.6. The summed E-state index contributed by atoms with van der Waals surface area (Å²) < 4.78 is 6.69. The molecule has 26 heavy (non-hydrogen) atoms. The van der Waals surface area contributed by atoms with Crippen molar-refractivity contribution < 1.29 is 9.32 Å². The molecule has 0 saturated carbocycles. The van der Waals surface area contributed by atoms with Crippen LogP contribution in [-0.4, -0.2) is 67.2 Å². The Balaban J connectivity index is 1.48. The molecule has 1 amide bonds. The Morgan fingerprint density at radius 1 is 1.23 bits per heavy atom. The standard InChI is InChI=1S/C17H25N7O2/c1-12(2)24-14(18-20-21-24)7-22-8-16(3)10-23(11-17(16,4)9-22)15(25)13-5-6-26-19-13/h5-6,12H,7-11H2,1-4H3/t16-,17+. The quantitative estimate of drug-likeness (QED) is 0.810. The van der Waals surface area contributed by atoms with Crippen molar-refractivity contribution in [2.45, 2.75) is 40.3 Å². The first-order valence-electron chi connectivity index (χ1n) is 9.00. The molecule has 9 nitrogen and oxygen atoms in total. The molecule has 0 unspecified atom stereocenters. The second kappa shape index (κ2) is 5.87. The number of hydrogen-bond acceptors (Lipinski definition) is 7. The van der Waals surface area contributed by atoms with Crippen molar-refractivity contribution in [3.8, 4) is 0 Å². The molecule has 4 heterocycles. The minimum absolute atomic E-state index is 0.0303. The molecule has 0 radical (unpaired) electrons. The summed E-state index contributed by atoms with van der Waals surface area (Å²) in [6, 6.07) is 1.86. The van der Waals surface area contributed by atoms with Gasteiger partial charge in [0.05, 0.1) is 12.6 Å². The van der Waals surface area contributed by atoms with Gasteiger partial charge in [-0.1, -0.05) is 19.0 Å². The molecule has 0 N–H and O–H groups in total. The Kier molecular flexibility index (Phi) is 3.87. The number of aromatic nitrogens is 5. The van der Waals surface area contributed by atoms with E-state index in [9.17, 15) is 4.79 Å². The molecular formula is C17H25N7O2. The molecule has 9 heteroatoms. The zero-order valence-electron chi connectivity index (χ0n) is 15.7. The van der Waals surface area contributed by atoms with Crippen LogP contribution >= 0.6 is 0 Å². The van der Waals surface area contributed by atoms with Crippen LogP contribution in [0.2, 0.25) is 0 Å². The summed E-state index contributed by atoms with van der Waals surface area (Å²) >= 11 is 0. The number of tetrazole rings is 1. The Hall–Kier alpha value is -2.29. The predicted molar refractivity (Wildman–Crippen MR) is 92.1 cm³/mol. The molecule has 2 fully saturated rings. The fourth-order valence-electron chi connectivity index (χ4n) is 4.46. The summed E-state index contributed by atoms with van der Waals surface area (Å²) in [5, 5.41) is 15.9. The number of nitrogens with zero attached hydrogens (tertiary/aromatic N) is 7. The zero-order valence-corrected chi connectivity index (χ0v) is 15.7. The van der Waals surface area contributed by atoms with Gasteiger partial charge < -0.3 is 9.42 Å². The van der Waals surface area contributed by atoms with Crippen LogP contribution in [0.5, 0.6) is 0 Å². The normalized spacial score (nSPS) is 28.9. The lowest BCUT2D eigenvalue weighted by Crippen LogP contribution is -2.36. The van der Waals surface area contributed by atoms with Gasteiger partial charge >= 0.3 is 0 Å². The molecule has 2 aromatic heterocycles. The summed E-state index contributed by atoms with van der Waals surface area (Å²) in [7, 11) is 0. The van der Waals surface area contributed by atoms with Crippen molar-refractivity contribution in [1.29, 1.82) is 0 Å². The highest BCUT2D eigenvalue weighted by molar-refractivity contribution is 5.92. The van der Waals surface area contributed by atoms with E-state index >= 15 is 0 Å². The average molecular weight is 359 g/mol. The van der Waals surface area contributed by atoms with E-state index in [0.717, 1.165) is 38.5 Å². The first kappa shape index (κ1) is 17.1. The molecule has 2 aliphatic heterocycles. The third kappa shape index (κ3) is 2.61. The first-order chi connectivity index (χ1) is 12.3. The number of rotatable bonds is 4. The number of carbonyl (C=O) groups excluding carboxylic acids is 1. The van der Waals surface area contributed by atoms with Crippen LogP contribution in [0.3, 0.4) is 0 Å².